The molecule has 0 aliphatic carbocycles. The molecule has 6 heteroatoms. The molecule has 2 heterocycles. The molecule has 0 fully saturated rings. The minimum atomic E-state index is 0.359. The van der Waals surface area contributed by atoms with Crippen molar-refractivity contribution >= 4 is 23.2 Å². The van der Waals surface area contributed by atoms with Gasteiger partial charge in [0.05, 0.1) is 16.9 Å². The standard InChI is InChI=1S/C14H10Cl2N4/c1-9-11(15)8-20(19-9)13-7-12(16)17-14(18-13)10-5-3-2-4-6-10/h2-8H,1H3. The van der Waals surface area contributed by atoms with Gasteiger partial charge in [-0.2, -0.15) is 5.10 Å². The molecule has 0 saturated carbocycles. The Kier molecular flexibility index (Phi) is 3.42. The van der Waals surface area contributed by atoms with E-state index < -0.39 is 0 Å². The molecule has 20 heavy (non-hydrogen) atoms. The van der Waals surface area contributed by atoms with E-state index >= 15 is 0 Å². The molecule has 0 bridgehead atoms. The predicted octanol–water partition coefficient (Wildman–Crippen LogP) is 3.94. The van der Waals surface area contributed by atoms with Gasteiger partial charge in [-0.1, -0.05) is 53.5 Å². The Morgan fingerprint density at radius 2 is 1.80 bits per heavy atom. The lowest BCUT2D eigenvalue weighted by atomic mass is 10.2. The van der Waals surface area contributed by atoms with Crippen molar-refractivity contribution in [1.29, 1.82) is 0 Å². The second kappa shape index (κ2) is 5.23. The van der Waals surface area contributed by atoms with Gasteiger partial charge in [0.2, 0.25) is 0 Å². The van der Waals surface area contributed by atoms with Crippen molar-refractivity contribution in [3.8, 4) is 17.2 Å². The fraction of sp³-hybridized carbons (Fsp3) is 0.0714. The van der Waals surface area contributed by atoms with E-state index in [1.807, 2.05) is 37.3 Å². The van der Waals surface area contributed by atoms with Gasteiger partial charge < -0.3 is 0 Å². The first-order valence-corrected chi connectivity index (χ1v) is 6.71. The van der Waals surface area contributed by atoms with E-state index in [2.05, 4.69) is 15.1 Å². The first kappa shape index (κ1) is 13.1. The van der Waals surface area contributed by atoms with Crippen molar-refractivity contribution < 1.29 is 0 Å². The molecule has 0 spiro atoms. The summed E-state index contributed by atoms with van der Waals surface area (Å²) in [5.41, 5.74) is 1.63. The molecular weight excluding hydrogens is 295 g/mol. The Hall–Kier alpha value is -1.91. The van der Waals surface area contributed by atoms with Gasteiger partial charge in [0.15, 0.2) is 11.6 Å². The molecule has 0 aliphatic heterocycles. The number of rotatable bonds is 2. The van der Waals surface area contributed by atoms with Crippen LogP contribution in [0, 0.1) is 6.92 Å². The summed E-state index contributed by atoms with van der Waals surface area (Å²) in [6.45, 7) is 1.83. The van der Waals surface area contributed by atoms with E-state index in [0.717, 1.165) is 11.3 Å². The highest BCUT2D eigenvalue weighted by Crippen LogP contribution is 2.21. The summed E-state index contributed by atoms with van der Waals surface area (Å²) in [7, 11) is 0. The molecule has 3 rings (SSSR count). The van der Waals surface area contributed by atoms with Gasteiger partial charge in [0.25, 0.3) is 0 Å². The van der Waals surface area contributed by atoms with Gasteiger partial charge >= 0.3 is 0 Å². The average Bonchev–Trinajstić information content (AvgIpc) is 2.79. The van der Waals surface area contributed by atoms with Gasteiger partial charge in [0, 0.05) is 11.6 Å². The molecule has 0 aliphatic rings. The first-order valence-electron chi connectivity index (χ1n) is 5.95. The number of aryl methyl sites for hydroxylation is 1. The largest absolute Gasteiger partial charge is 0.221 e. The van der Waals surface area contributed by atoms with Crippen LogP contribution in [-0.4, -0.2) is 19.7 Å². The Bertz CT molecular complexity index is 734. The highest BCUT2D eigenvalue weighted by atomic mass is 35.5. The smallest absolute Gasteiger partial charge is 0.163 e. The van der Waals surface area contributed by atoms with E-state index in [4.69, 9.17) is 23.2 Å². The lowest BCUT2D eigenvalue weighted by Crippen LogP contribution is -2.01. The van der Waals surface area contributed by atoms with Crippen molar-refractivity contribution in [2.45, 2.75) is 6.92 Å². The van der Waals surface area contributed by atoms with Crippen molar-refractivity contribution in [3.63, 3.8) is 0 Å². The Balaban J connectivity index is 2.12. The number of hydrogen-bond donors (Lipinski definition) is 0. The SMILES string of the molecule is Cc1nn(-c2cc(Cl)nc(-c3ccccc3)n2)cc1Cl. The summed E-state index contributed by atoms with van der Waals surface area (Å²) in [6, 6.07) is 11.3. The highest BCUT2D eigenvalue weighted by molar-refractivity contribution is 6.31. The molecule has 1 aromatic carbocycles. The van der Waals surface area contributed by atoms with Gasteiger partial charge in [-0.15, -0.1) is 0 Å². The minimum absolute atomic E-state index is 0.359. The zero-order valence-corrected chi connectivity index (χ0v) is 12.1. The third-order valence-corrected chi connectivity index (χ3v) is 3.35. The summed E-state index contributed by atoms with van der Waals surface area (Å²) >= 11 is 12.1. The number of halogens is 2. The van der Waals surface area contributed by atoms with E-state index in [0.29, 0.717) is 21.8 Å². The van der Waals surface area contributed by atoms with Crippen LogP contribution in [0.4, 0.5) is 0 Å². The van der Waals surface area contributed by atoms with E-state index in [1.165, 1.54) is 0 Å². The highest BCUT2D eigenvalue weighted by Gasteiger charge is 2.09. The van der Waals surface area contributed by atoms with Crippen LogP contribution < -0.4 is 0 Å². The third-order valence-electron chi connectivity index (χ3n) is 2.79. The van der Waals surface area contributed by atoms with Crippen LogP contribution in [0.15, 0.2) is 42.6 Å². The number of benzene rings is 1. The Morgan fingerprint density at radius 3 is 2.45 bits per heavy atom. The summed E-state index contributed by atoms with van der Waals surface area (Å²) in [5, 5.41) is 5.24. The molecule has 0 atom stereocenters. The van der Waals surface area contributed by atoms with Crippen LogP contribution >= 0.6 is 23.2 Å². The van der Waals surface area contributed by atoms with Crippen LogP contribution in [0.3, 0.4) is 0 Å². The van der Waals surface area contributed by atoms with Gasteiger partial charge in [-0.05, 0) is 6.92 Å². The van der Waals surface area contributed by atoms with Crippen LogP contribution in [0.1, 0.15) is 5.69 Å². The zero-order valence-electron chi connectivity index (χ0n) is 10.6. The van der Waals surface area contributed by atoms with Crippen LogP contribution in [0.25, 0.3) is 17.2 Å². The van der Waals surface area contributed by atoms with E-state index in [-0.39, 0.29) is 0 Å². The maximum absolute atomic E-state index is 6.07. The molecule has 0 saturated heterocycles. The molecule has 4 nitrogen and oxygen atoms in total. The molecule has 3 aromatic rings. The van der Waals surface area contributed by atoms with Crippen LogP contribution in [-0.2, 0) is 0 Å². The molecule has 2 aromatic heterocycles. The molecule has 100 valence electrons. The summed E-state index contributed by atoms with van der Waals surface area (Å²) in [6.07, 6.45) is 1.70. The van der Waals surface area contributed by atoms with Gasteiger partial charge in [0.1, 0.15) is 5.15 Å². The van der Waals surface area contributed by atoms with E-state index in [1.54, 1.807) is 16.9 Å². The zero-order chi connectivity index (χ0) is 14.1. The van der Waals surface area contributed by atoms with Crippen molar-refractivity contribution in [1.82, 2.24) is 19.7 Å². The molecule has 0 radical (unpaired) electrons. The Labute approximate surface area is 126 Å². The molecule has 0 unspecified atom stereocenters. The average molecular weight is 305 g/mol. The summed E-state index contributed by atoms with van der Waals surface area (Å²) in [4.78, 5) is 8.71. The maximum Gasteiger partial charge on any atom is 0.163 e. The summed E-state index contributed by atoms with van der Waals surface area (Å²) in [5.74, 6) is 1.14. The van der Waals surface area contributed by atoms with Gasteiger partial charge in [-0.25, -0.2) is 14.6 Å². The van der Waals surface area contributed by atoms with Crippen LogP contribution in [0.5, 0.6) is 0 Å². The Morgan fingerprint density at radius 1 is 1.05 bits per heavy atom. The third kappa shape index (κ3) is 2.53. The van der Waals surface area contributed by atoms with Crippen molar-refractivity contribution in [2.75, 3.05) is 0 Å². The minimum Gasteiger partial charge on any atom is -0.221 e. The first-order chi connectivity index (χ1) is 9.63. The van der Waals surface area contributed by atoms with Crippen molar-refractivity contribution in [3.05, 3.63) is 58.5 Å². The molecule has 0 N–H and O–H groups in total. The lowest BCUT2D eigenvalue weighted by Gasteiger charge is -2.05. The number of nitrogens with zero attached hydrogens (tertiary/aromatic N) is 4. The van der Waals surface area contributed by atoms with E-state index in [9.17, 15) is 0 Å². The second-order valence-corrected chi connectivity index (χ2v) is 5.04. The summed E-state index contributed by atoms with van der Waals surface area (Å²) < 4.78 is 1.59. The van der Waals surface area contributed by atoms with Crippen LogP contribution in [0.2, 0.25) is 10.2 Å². The quantitative estimate of drug-likeness (QED) is 0.673. The lowest BCUT2D eigenvalue weighted by molar-refractivity contribution is 0.828. The molecular formula is C14H10Cl2N4. The van der Waals surface area contributed by atoms with Crippen molar-refractivity contribution in [2.24, 2.45) is 0 Å². The normalized spacial score (nSPS) is 10.8. The second-order valence-electron chi connectivity index (χ2n) is 4.25. The predicted molar refractivity (Wildman–Crippen MR) is 79.3 cm³/mol. The molecule has 0 amide bonds. The fourth-order valence-electron chi connectivity index (χ4n) is 1.80. The number of hydrogen-bond acceptors (Lipinski definition) is 3. The van der Waals surface area contributed by atoms with Gasteiger partial charge in [-0.3, -0.25) is 0 Å². The fourth-order valence-corrected chi connectivity index (χ4v) is 2.10. The topological polar surface area (TPSA) is 43.6 Å². The number of aromatic nitrogens is 4. The maximum atomic E-state index is 6.07. The monoisotopic (exact) mass is 304 g/mol.